The first-order valence-corrected chi connectivity index (χ1v) is 8.17. The summed E-state index contributed by atoms with van der Waals surface area (Å²) in [5.41, 5.74) is 1.85. The van der Waals surface area contributed by atoms with Crippen LogP contribution in [0.3, 0.4) is 0 Å². The summed E-state index contributed by atoms with van der Waals surface area (Å²) in [6, 6.07) is 18.4. The van der Waals surface area contributed by atoms with Crippen LogP contribution in [0.2, 0.25) is 0 Å². The Morgan fingerprint density at radius 1 is 1.08 bits per heavy atom. The molecule has 1 fully saturated rings. The molecule has 0 saturated carbocycles. The monoisotopic (exact) mass is 323 g/mol. The molecule has 0 bridgehead atoms. The van der Waals surface area contributed by atoms with E-state index in [1.807, 2.05) is 60.7 Å². The van der Waals surface area contributed by atoms with Gasteiger partial charge in [0.15, 0.2) is 0 Å². The summed E-state index contributed by atoms with van der Waals surface area (Å²) in [6.07, 6.45) is 0.834. The standard InChI is InChI=1S/C19H21N3O2/c23-18(21-14-15-8-3-1-4-9-15)17(16-10-5-2-6-11-16)22-13-7-12-20-19(22)24/h1-6,8-11,17H,7,12-14H2,(H,20,24)(H,21,23). The zero-order chi connectivity index (χ0) is 16.8. The summed E-state index contributed by atoms with van der Waals surface area (Å²) < 4.78 is 0. The highest BCUT2D eigenvalue weighted by Crippen LogP contribution is 2.23. The largest absolute Gasteiger partial charge is 0.350 e. The highest BCUT2D eigenvalue weighted by molar-refractivity contribution is 5.88. The molecule has 0 radical (unpaired) electrons. The molecule has 5 heteroatoms. The molecule has 5 nitrogen and oxygen atoms in total. The van der Waals surface area contributed by atoms with Gasteiger partial charge in [-0.25, -0.2) is 4.79 Å². The van der Waals surface area contributed by atoms with Gasteiger partial charge in [-0.05, 0) is 17.5 Å². The Hall–Kier alpha value is -2.82. The summed E-state index contributed by atoms with van der Waals surface area (Å²) in [5, 5.41) is 5.77. The number of hydrogen-bond acceptors (Lipinski definition) is 2. The molecular weight excluding hydrogens is 302 g/mol. The van der Waals surface area contributed by atoms with Gasteiger partial charge >= 0.3 is 6.03 Å². The molecule has 1 aliphatic rings. The van der Waals surface area contributed by atoms with Gasteiger partial charge < -0.3 is 15.5 Å². The van der Waals surface area contributed by atoms with Crippen molar-refractivity contribution in [3.63, 3.8) is 0 Å². The van der Waals surface area contributed by atoms with Gasteiger partial charge in [-0.2, -0.15) is 0 Å². The zero-order valence-corrected chi connectivity index (χ0v) is 13.4. The molecule has 1 heterocycles. The van der Waals surface area contributed by atoms with E-state index >= 15 is 0 Å². The Labute approximate surface area is 141 Å². The second-order valence-corrected chi connectivity index (χ2v) is 5.80. The van der Waals surface area contributed by atoms with Gasteiger partial charge in [-0.15, -0.1) is 0 Å². The summed E-state index contributed by atoms with van der Waals surface area (Å²) in [6.45, 7) is 1.67. The van der Waals surface area contributed by atoms with E-state index in [9.17, 15) is 9.59 Å². The van der Waals surface area contributed by atoms with Gasteiger partial charge in [-0.3, -0.25) is 4.79 Å². The van der Waals surface area contributed by atoms with Crippen LogP contribution in [0, 0.1) is 0 Å². The van der Waals surface area contributed by atoms with Crippen molar-refractivity contribution in [2.75, 3.05) is 13.1 Å². The number of urea groups is 1. The average Bonchev–Trinajstić information content (AvgIpc) is 2.64. The molecule has 2 aromatic rings. The van der Waals surface area contributed by atoms with Crippen LogP contribution in [-0.2, 0) is 11.3 Å². The van der Waals surface area contributed by atoms with Crippen LogP contribution in [0.25, 0.3) is 0 Å². The van der Waals surface area contributed by atoms with Gasteiger partial charge in [0.1, 0.15) is 6.04 Å². The van der Waals surface area contributed by atoms with E-state index in [4.69, 9.17) is 0 Å². The van der Waals surface area contributed by atoms with Crippen molar-refractivity contribution < 1.29 is 9.59 Å². The molecular formula is C19H21N3O2. The molecule has 1 atom stereocenters. The molecule has 124 valence electrons. The van der Waals surface area contributed by atoms with Crippen LogP contribution in [-0.4, -0.2) is 29.9 Å². The second-order valence-electron chi connectivity index (χ2n) is 5.80. The van der Waals surface area contributed by atoms with Crippen LogP contribution in [0.1, 0.15) is 23.6 Å². The molecule has 0 aliphatic carbocycles. The van der Waals surface area contributed by atoms with Gasteiger partial charge in [-0.1, -0.05) is 60.7 Å². The quantitative estimate of drug-likeness (QED) is 0.888. The van der Waals surface area contributed by atoms with Crippen molar-refractivity contribution in [2.45, 2.75) is 19.0 Å². The van der Waals surface area contributed by atoms with Crippen molar-refractivity contribution in [1.29, 1.82) is 0 Å². The fourth-order valence-corrected chi connectivity index (χ4v) is 2.88. The summed E-state index contributed by atoms with van der Waals surface area (Å²) in [7, 11) is 0. The third-order valence-electron chi connectivity index (χ3n) is 4.10. The predicted octanol–water partition coefficient (Wildman–Crippen LogP) is 2.46. The van der Waals surface area contributed by atoms with Crippen molar-refractivity contribution in [2.24, 2.45) is 0 Å². The second kappa shape index (κ2) is 7.64. The lowest BCUT2D eigenvalue weighted by Crippen LogP contribution is -2.51. The molecule has 2 N–H and O–H groups in total. The predicted molar refractivity (Wildman–Crippen MR) is 92.2 cm³/mol. The number of carbonyl (C=O) groups is 2. The Balaban J connectivity index is 1.78. The zero-order valence-electron chi connectivity index (χ0n) is 13.4. The Bertz CT molecular complexity index is 688. The van der Waals surface area contributed by atoms with Crippen LogP contribution in [0.4, 0.5) is 4.79 Å². The molecule has 1 aliphatic heterocycles. The van der Waals surface area contributed by atoms with Gasteiger partial charge in [0.25, 0.3) is 0 Å². The highest BCUT2D eigenvalue weighted by atomic mass is 16.2. The minimum absolute atomic E-state index is 0.165. The third-order valence-corrected chi connectivity index (χ3v) is 4.10. The van der Waals surface area contributed by atoms with E-state index in [1.54, 1.807) is 4.90 Å². The van der Waals surface area contributed by atoms with E-state index in [2.05, 4.69) is 10.6 Å². The SMILES string of the molecule is O=C(NCc1ccccc1)C(c1ccccc1)N1CCCNC1=O. The maximum absolute atomic E-state index is 12.8. The van der Waals surface area contributed by atoms with Gasteiger partial charge in [0.2, 0.25) is 5.91 Å². The average molecular weight is 323 g/mol. The first-order chi connectivity index (χ1) is 11.8. The Morgan fingerprint density at radius 2 is 1.75 bits per heavy atom. The fourth-order valence-electron chi connectivity index (χ4n) is 2.88. The van der Waals surface area contributed by atoms with Crippen LogP contribution < -0.4 is 10.6 Å². The lowest BCUT2D eigenvalue weighted by molar-refractivity contribution is -0.126. The topological polar surface area (TPSA) is 61.4 Å². The lowest BCUT2D eigenvalue weighted by atomic mass is 10.0. The molecule has 0 aromatic heterocycles. The van der Waals surface area contributed by atoms with E-state index in [0.717, 1.165) is 17.5 Å². The van der Waals surface area contributed by atoms with Gasteiger partial charge in [0.05, 0.1) is 0 Å². The lowest BCUT2D eigenvalue weighted by Gasteiger charge is -2.34. The first kappa shape index (κ1) is 16.1. The molecule has 0 spiro atoms. The highest BCUT2D eigenvalue weighted by Gasteiger charge is 2.32. The number of amides is 3. The van der Waals surface area contributed by atoms with Gasteiger partial charge in [0, 0.05) is 19.6 Å². The molecule has 2 aromatic carbocycles. The van der Waals surface area contributed by atoms with Crippen molar-refractivity contribution in [3.8, 4) is 0 Å². The Morgan fingerprint density at radius 3 is 2.42 bits per heavy atom. The normalized spacial score (nSPS) is 15.5. The van der Waals surface area contributed by atoms with Crippen LogP contribution in [0.5, 0.6) is 0 Å². The number of rotatable bonds is 5. The summed E-state index contributed by atoms with van der Waals surface area (Å²) >= 11 is 0. The molecule has 24 heavy (non-hydrogen) atoms. The number of nitrogens with zero attached hydrogens (tertiary/aromatic N) is 1. The number of carbonyl (C=O) groups excluding carboxylic acids is 2. The Kier molecular flexibility index (Phi) is 5.11. The number of hydrogen-bond donors (Lipinski definition) is 2. The minimum Gasteiger partial charge on any atom is -0.350 e. The fraction of sp³-hybridized carbons (Fsp3) is 0.263. The molecule has 3 rings (SSSR count). The molecule has 1 saturated heterocycles. The van der Waals surface area contributed by atoms with Crippen LogP contribution >= 0.6 is 0 Å². The molecule has 3 amide bonds. The van der Waals surface area contributed by atoms with E-state index < -0.39 is 6.04 Å². The van der Waals surface area contributed by atoms with E-state index in [1.165, 1.54) is 0 Å². The van der Waals surface area contributed by atoms with E-state index in [-0.39, 0.29) is 11.9 Å². The van der Waals surface area contributed by atoms with E-state index in [0.29, 0.717) is 19.6 Å². The number of nitrogens with one attached hydrogen (secondary N) is 2. The third kappa shape index (κ3) is 3.74. The van der Waals surface area contributed by atoms with Crippen molar-refractivity contribution >= 4 is 11.9 Å². The van der Waals surface area contributed by atoms with Crippen molar-refractivity contribution in [3.05, 3.63) is 71.8 Å². The van der Waals surface area contributed by atoms with Crippen LogP contribution in [0.15, 0.2) is 60.7 Å². The summed E-state index contributed by atoms with van der Waals surface area (Å²) in [4.78, 5) is 26.7. The maximum atomic E-state index is 12.8. The smallest absolute Gasteiger partial charge is 0.318 e. The maximum Gasteiger partial charge on any atom is 0.318 e. The number of benzene rings is 2. The summed E-state index contributed by atoms with van der Waals surface area (Å²) in [5.74, 6) is -0.165. The van der Waals surface area contributed by atoms with Crippen molar-refractivity contribution in [1.82, 2.24) is 15.5 Å². The molecule has 1 unspecified atom stereocenters. The minimum atomic E-state index is -0.616. The first-order valence-electron chi connectivity index (χ1n) is 8.17.